The summed E-state index contributed by atoms with van der Waals surface area (Å²) in [6.07, 6.45) is -2.78. The minimum Gasteiger partial charge on any atom is -0.394 e. The number of aromatic nitrogens is 3. The zero-order valence-corrected chi connectivity index (χ0v) is 10.8. The Morgan fingerprint density at radius 2 is 2.24 bits per heavy atom. The van der Waals surface area contributed by atoms with Gasteiger partial charge in [-0.25, -0.2) is 9.50 Å². The first-order chi connectivity index (χ1) is 10.0. The van der Waals surface area contributed by atoms with Crippen molar-refractivity contribution in [1.29, 1.82) is 5.26 Å². The fourth-order valence-corrected chi connectivity index (χ4v) is 2.56. The van der Waals surface area contributed by atoms with Gasteiger partial charge in [-0.1, -0.05) is 0 Å². The van der Waals surface area contributed by atoms with Crippen LogP contribution in [0.3, 0.4) is 0 Å². The van der Waals surface area contributed by atoms with Crippen molar-refractivity contribution in [2.45, 2.75) is 23.9 Å². The first-order valence-electron chi connectivity index (χ1n) is 6.20. The number of nitriles is 1. The fraction of sp³-hybridized carbons (Fsp3) is 0.417. The number of fused-ring (bicyclic) bond motifs is 1. The third-order valence-corrected chi connectivity index (χ3v) is 3.67. The molecule has 5 N–H and O–H groups in total. The number of hydrogen-bond acceptors (Lipinski definition) is 8. The van der Waals surface area contributed by atoms with Gasteiger partial charge in [0, 0.05) is 0 Å². The zero-order chi connectivity index (χ0) is 15.2. The van der Waals surface area contributed by atoms with Gasteiger partial charge in [0.1, 0.15) is 36.2 Å². The lowest BCUT2D eigenvalue weighted by Gasteiger charge is -2.24. The number of nitrogens with two attached hydrogens (primary N) is 1. The molecule has 110 valence electrons. The number of nitrogens with zero attached hydrogens (tertiary/aromatic N) is 4. The van der Waals surface area contributed by atoms with Crippen LogP contribution >= 0.6 is 0 Å². The fourth-order valence-electron chi connectivity index (χ4n) is 2.56. The number of aliphatic hydroxyl groups is 3. The van der Waals surface area contributed by atoms with Gasteiger partial charge in [0.25, 0.3) is 0 Å². The predicted octanol–water partition coefficient (Wildman–Crippen LogP) is -1.86. The highest BCUT2D eigenvalue weighted by molar-refractivity contribution is 5.66. The van der Waals surface area contributed by atoms with Gasteiger partial charge in [-0.3, -0.25) is 0 Å². The second kappa shape index (κ2) is 4.64. The Labute approximate surface area is 118 Å². The molecular formula is C12H13N5O4. The number of ether oxygens (including phenoxy) is 1. The van der Waals surface area contributed by atoms with Crippen LogP contribution in [0.2, 0.25) is 0 Å². The van der Waals surface area contributed by atoms with Crippen LogP contribution in [-0.2, 0) is 10.3 Å². The van der Waals surface area contributed by atoms with Crippen LogP contribution in [0.15, 0.2) is 18.5 Å². The van der Waals surface area contributed by atoms with Crippen molar-refractivity contribution in [2.24, 2.45) is 0 Å². The molecule has 1 fully saturated rings. The van der Waals surface area contributed by atoms with Gasteiger partial charge in [-0.15, -0.1) is 0 Å². The number of nitrogen functional groups attached to an aromatic ring is 1. The molecule has 3 rings (SSSR count). The summed E-state index contributed by atoms with van der Waals surface area (Å²) in [6.45, 7) is -0.526. The van der Waals surface area contributed by atoms with Gasteiger partial charge in [0.15, 0.2) is 5.82 Å². The van der Waals surface area contributed by atoms with Gasteiger partial charge < -0.3 is 25.8 Å². The summed E-state index contributed by atoms with van der Waals surface area (Å²) in [5, 5.41) is 42.8. The van der Waals surface area contributed by atoms with Crippen LogP contribution in [0.25, 0.3) is 5.52 Å². The molecule has 21 heavy (non-hydrogen) atoms. The largest absolute Gasteiger partial charge is 0.394 e. The maximum Gasteiger partial charge on any atom is 0.225 e. The van der Waals surface area contributed by atoms with Gasteiger partial charge in [-0.05, 0) is 12.1 Å². The van der Waals surface area contributed by atoms with Crippen LogP contribution in [0.4, 0.5) is 5.82 Å². The topological polar surface area (TPSA) is 150 Å². The molecule has 1 aliphatic rings. The van der Waals surface area contributed by atoms with E-state index < -0.39 is 30.5 Å². The Morgan fingerprint density at radius 3 is 2.86 bits per heavy atom. The predicted molar refractivity (Wildman–Crippen MR) is 68.7 cm³/mol. The van der Waals surface area contributed by atoms with E-state index in [0.717, 1.165) is 0 Å². The van der Waals surface area contributed by atoms with Crippen molar-refractivity contribution in [2.75, 3.05) is 12.3 Å². The van der Waals surface area contributed by atoms with Crippen molar-refractivity contribution in [3.63, 3.8) is 0 Å². The molecule has 3 heterocycles. The third kappa shape index (κ3) is 1.71. The van der Waals surface area contributed by atoms with Gasteiger partial charge in [0.05, 0.1) is 12.3 Å². The highest BCUT2D eigenvalue weighted by Gasteiger charge is 2.57. The summed E-state index contributed by atoms with van der Waals surface area (Å²) in [5.74, 6) is 0.205. The summed E-state index contributed by atoms with van der Waals surface area (Å²) >= 11 is 0. The van der Waals surface area contributed by atoms with Crippen LogP contribution < -0.4 is 5.73 Å². The standard InChI is InChI=1S/C12H13N5O4/c13-4-12(10(20)9(19)7(3-18)21-12)8-2-1-6-11(14)15-5-16-17(6)8/h1-2,5,7,9-10,18-20H,3H2,(H2,14,15,16)/t7-,9-,10?,12+/m1/s1. The summed E-state index contributed by atoms with van der Waals surface area (Å²) in [5.41, 5.74) is 4.52. The lowest BCUT2D eigenvalue weighted by molar-refractivity contribution is -0.0643. The van der Waals surface area contributed by atoms with Crippen molar-refractivity contribution in [1.82, 2.24) is 14.6 Å². The van der Waals surface area contributed by atoms with E-state index in [-0.39, 0.29) is 11.5 Å². The Kier molecular flexibility index (Phi) is 3.03. The molecule has 0 amide bonds. The molecule has 1 saturated heterocycles. The van der Waals surface area contributed by atoms with Crippen molar-refractivity contribution in [3.05, 3.63) is 24.2 Å². The lowest BCUT2D eigenvalue weighted by atomic mass is 9.92. The second-order valence-corrected chi connectivity index (χ2v) is 4.78. The quantitative estimate of drug-likeness (QED) is 0.503. The minimum absolute atomic E-state index is 0.205. The van der Waals surface area contributed by atoms with Crippen LogP contribution in [0.5, 0.6) is 0 Å². The first kappa shape index (κ1) is 13.7. The first-order valence-corrected chi connectivity index (χ1v) is 6.20. The Morgan fingerprint density at radius 1 is 1.48 bits per heavy atom. The normalized spacial score (nSPS) is 32.4. The van der Waals surface area contributed by atoms with Crippen molar-refractivity contribution in [3.8, 4) is 6.07 Å². The van der Waals surface area contributed by atoms with E-state index in [1.165, 1.54) is 16.9 Å². The highest BCUT2D eigenvalue weighted by Crippen LogP contribution is 2.40. The molecule has 2 aromatic rings. The Balaban J connectivity index is 2.20. The van der Waals surface area contributed by atoms with E-state index in [9.17, 15) is 20.6 Å². The van der Waals surface area contributed by atoms with E-state index in [0.29, 0.717) is 5.52 Å². The van der Waals surface area contributed by atoms with Gasteiger partial charge in [0.2, 0.25) is 5.60 Å². The number of hydrogen-bond donors (Lipinski definition) is 4. The molecule has 0 aliphatic carbocycles. The monoisotopic (exact) mass is 291 g/mol. The van der Waals surface area contributed by atoms with Gasteiger partial charge >= 0.3 is 0 Å². The van der Waals surface area contributed by atoms with Crippen molar-refractivity contribution >= 4 is 11.3 Å². The highest BCUT2D eigenvalue weighted by atomic mass is 16.6. The smallest absolute Gasteiger partial charge is 0.225 e. The molecule has 9 nitrogen and oxygen atoms in total. The van der Waals surface area contributed by atoms with Crippen LogP contribution in [0.1, 0.15) is 5.69 Å². The van der Waals surface area contributed by atoms with E-state index in [2.05, 4.69) is 10.1 Å². The molecule has 9 heteroatoms. The number of aliphatic hydroxyl groups excluding tert-OH is 3. The third-order valence-electron chi connectivity index (χ3n) is 3.67. The van der Waals surface area contributed by atoms with E-state index in [4.69, 9.17) is 10.5 Å². The van der Waals surface area contributed by atoms with Gasteiger partial charge in [-0.2, -0.15) is 10.4 Å². The number of rotatable bonds is 2. The molecular weight excluding hydrogens is 278 g/mol. The summed E-state index contributed by atoms with van der Waals surface area (Å²) < 4.78 is 6.75. The number of anilines is 1. The van der Waals surface area contributed by atoms with E-state index in [1.54, 1.807) is 6.07 Å². The summed E-state index contributed by atoms with van der Waals surface area (Å²) in [7, 11) is 0. The lowest BCUT2D eigenvalue weighted by Crippen LogP contribution is -2.40. The van der Waals surface area contributed by atoms with E-state index in [1.807, 2.05) is 6.07 Å². The average molecular weight is 291 g/mol. The molecule has 1 aliphatic heterocycles. The van der Waals surface area contributed by atoms with E-state index >= 15 is 0 Å². The molecule has 0 aromatic carbocycles. The SMILES string of the molecule is N#C[C@@]1(c2ccc3c(N)ncnn23)O[C@H](CO)[C@@H](O)C1O. The van der Waals surface area contributed by atoms with Crippen molar-refractivity contribution < 1.29 is 20.1 Å². The zero-order valence-electron chi connectivity index (χ0n) is 10.8. The van der Waals surface area contributed by atoms with Crippen LogP contribution in [0, 0.1) is 11.3 Å². The maximum absolute atomic E-state index is 10.2. The summed E-state index contributed by atoms with van der Waals surface area (Å²) in [4.78, 5) is 3.83. The summed E-state index contributed by atoms with van der Waals surface area (Å²) in [6, 6.07) is 4.97. The Bertz CT molecular complexity index is 726. The average Bonchev–Trinajstić information content (AvgIpc) is 3.03. The second-order valence-electron chi connectivity index (χ2n) is 4.78. The van der Waals surface area contributed by atoms with Crippen LogP contribution in [-0.4, -0.2) is 54.8 Å². The maximum atomic E-state index is 10.2. The molecule has 0 radical (unpaired) electrons. The Hall–Kier alpha value is -2.25. The molecule has 1 unspecified atom stereocenters. The molecule has 0 saturated carbocycles. The minimum atomic E-state index is -1.85. The molecule has 0 bridgehead atoms. The molecule has 4 atom stereocenters. The molecule has 0 spiro atoms. The molecule has 2 aromatic heterocycles.